The first kappa shape index (κ1) is 18.8. The first-order valence-electron chi connectivity index (χ1n) is 8.18. The number of para-hydroxylation sites is 1. The van der Waals surface area contributed by atoms with Crippen molar-refractivity contribution in [2.45, 2.75) is 0 Å². The van der Waals surface area contributed by atoms with E-state index in [0.29, 0.717) is 0 Å². The minimum atomic E-state index is -0.923. The summed E-state index contributed by atoms with van der Waals surface area (Å²) in [6.07, 6.45) is 0. The summed E-state index contributed by atoms with van der Waals surface area (Å²) in [5.41, 5.74) is 5.92. The van der Waals surface area contributed by atoms with Crippen molar-refractivity contribution in [1.29, 1.82) is 0 Å². The molecule has 1 aliphatic heterocycles. The molecule has 0 unspecified atom stereocenters. The normalized spacial score (nSPS) is 12.5. The van der Waals surface area contributed by atoms with Gasteiger partial charge in [0.25, 0.3) is 23.6 Å². The van der Waals surface area contributed by atoms with E-state index in [4.69, 9.17) is 10.5 Å². The molecule has 0 saturated carbocycles. The lowest BCUT2D eigenvalue weighted by molar-refractivity contribution is -0.147. The zero-order valence-electron chi connectivity index (χ0n) is 14.5. The monoisotopic (exact) mass is 381 g/mol. The van der Waals surface area contributed by atoms with Gasteiger partial charge in [-0.2, -0.15) is 0 Å². The van der Waals surface area contributed by atoms with Gasteiger partial charge in [-0.1, -0.05) is 24.3 Å². The molecule has 4 amide bonds. The van der Waals surface area contributed by atoms with Crippen molar-refractivity contribution in [3.05, 3.63) is 65.2 Å². The van der Waals surface area contributed by atoms with E-state index in [1.54, 1.807) is 24.3 Å². The molecule has 0 aliphatic carbocycles. The number of nitrogens with two attached hydrogens (primary N) is 1. The largest absolute Gasteiger partial charge is 0.454 e. The highest BCUT2D eigenvalue weighted by Crippen LogP contribution is 2.22. The molecule has 0 fully saturated rings. The summed E-state index contributed by atoms with van der Waals surface area (Å²) in [6, 6.07) is 12.3. The molecule has 3 rings (SSSR count). The van der Waals surface area contributed by atoms with Crippen molar-refractivity contribution in [2.24, 2.45) is 5.73 Å². The lowest BCUT2D eigenvalue weighted by atomic mass is 10.1. The second-order valence-corrected chi connectivity index (χ2v) is 5.86. The molecule has 0 spiro atoms. The molecule has 142 valence electrons. The molecule has 0 saturated heterocycles. The molecule has 2 aromatic carbocycles. The van der Waals surface area contributed by atoms with Gasteiger partial charge >= 0.3 is 5.97 Å². The average molecular weight is 381 g/mol. The lowest BCUT2D eigenvalue weighted by Gasteiger charge is -2.13. The summed E-state index contributed by atoms with van der Waals surface area (Å²) in [6.45, 7) is -1.27. The van der Waals surface area contributed by atoms with E-state index in [0.717, 1.165) is 4.90 Å². The topological polar surface area (TPSA) is 136 Å². The molecule has 9 heteroatoms. The second kappa shape index (κ2) is 7.70. The number of rotatable bonds is 6. The molecule has 3 N–H and O–H groups in total. The number of amides is 4. The van der Waals surface area contributed by atoms with Gasteiger partial charge < -0.3 is 15.8 Å². The average Bonchev–Trinajstić information content (AvgIpc) is 2.92. The minimum Gasteiger partial charge on any atom is -0.454 e. The van der Waals surface area contributed by atoms with E-state index < -0.39 is 42.7 Å². The fourth-order valence-electron chi connectivity index (χ4n) is 2.70. The molecular weight excluding hydrogens is 366 g/mol. The van der Waals surface area contributed by atoms with E-state index in [-0.39, 0.29) is 22.4 Å². The molecule has 1 aliphatic rings. The van der Waals surface area contributed by atoms with Crippen molar-refractivity contribution in [2.75, 3.05) is 18.5 Å². The third-order valence-electron chi connectivity index (χ3n) is 4.00. The number of ether oxygens (including phenoxy) is 1. The van der Waals surface area contributed by atoms with Crippen LogP contribution in [-0.2, 0) is 14.3 Å². The first-order chi connectivity index (χ1) is 13.4. The highest BCUT2D eigenvalue weighted by Gasteiger charge is 2.36. The molecule has 2 aromatic rings. The Bertz CT molecular complexity index is 966. The standard InChI is InChI=1S/C19H15N3O6/c20-17(25)13-7-3-4-8-14(13)21-15(23)10-28-16(24)9-22-18(26)11-5-1-2-6-12(11)19(22)27/h1-8H,9-10H2,(H2,20,25)(H,21,23). The summed E-state index contributed by atoms with van der Waals surface area (Å²) in [5, 5.41) is 2.41. The second-order valence-electron chi connectivity index (χ2n) is 5.86. The van der Waals surface area contributed by atoms with Crippen LogP contribution in [0.5, 0.6) is 0 Å². The quantitative estimate of drug-likeness (QED) is 0.554. The van der Waals surface area contributed by atoms with Gasteiger partial charge in [0.1, 0.15) is 6.54 Å². The van der Waals surface area contributed by atoms with Gasteiger partial charge in [0, 0.05) is 0 Å². The van der Waals surface area contributed by atoms with Crippen LogP contribution in [0.1, 0.15) is 31.1 Å². The van der Waals surface area contributed by atoms with Crippen LogP contribution in [0.15, 0.2) is 48.5 Å². The zero-order valence-corrected chi connectivity index (χ0v) is 14.5. The van der Waals surface area contributed by atoms with Gasteiger partial charge in [-0.3, -0.25) is 28.9 Å². The number of primary amides is 1. The molecule has 9 nitrogen and oxygen atoms in total. The van der Waals surface area contributed by atoms with E-state index in [9.17, 15) is 24.0 Å². The Morgan fingerprint density at radius 1 is 0.929 bits per heavy atom. The molecule has 0 aromatic heterocycles. The Labute approximate surface area is 159 Å². The maximum absolute atomic E-state index is 12.2. The van der Waals surface area contributed by atoms with Crippen LogP contribution in [0.25, 0.3) is 0 Å². The number of hydrogen-bond acceptors (Lipinski definition) is 6. The third-order valence-corrected chi connectivity index (χ3v) is 4.00. The number of fused-ring (bicyclic) bond motifs is 1. The third kappa shape index (κ3) is 3.73. The van der Waals surface area contributed by atoms with E-state index >= 15 is 0 Å². The number of carbonyl (C=O) groups is 5. The van der Waals surface area contributed by atoms with Crippen LogP contribution >= 0.6 is 0 Å². The lowest BCUT2D eigenvalue weighted by Crippen LogP contribution is -2.36. The Balaban J connectivity index is 1.55. The van der Waals surface area contributed by atoms with Gasteiger partial charge in [0.2, 0.25) is 0 Å². The molecule has 0 atom stereocenters. The van der Waals surface area contributed by atoms with Crippen LogP contribution in [0.2, 0.25) is 0 Å². The van der Waals surface area contributed by atoms with Crippen LogP contribution in [-0.4, -0.2) is 47.6 Å². The molecule has 28 heavy (non-hydrogen) atoms. The number of esters is 1. The molecular formula is C19H15N3O6. The predicted molar refractivity (Wildman–Crippen MR) is 96.4 cm³/mol. The van der Waals surface area contributed by atoms with Crippen LogP contribution in [0.3, 0.4) is 0 Å². The molecule has 1 heterocycles. The maximum Gasteiger partial charge on any atom is 0.326 e. The highest BCUT2D eigenvalue weighted by atomic mass is 16.5. The van der Waals surface area contributed by atoms with Gasteiger partial charge in [-0.15, -0.1) is 0 Å². The summed E-state index contributed by atoms with van der Waals surface area (Å²) < 4.78 is 4.82. The van der Waals surface area contributed by atoms with Crippen molar-refractivity contribution in [3.63, 3.8) is 0 Å². The summed E-state index contributed by atoms with van der Waals surface area (Å²) in [4.78, 5) is 60.4. The smallest absolute Gasteiger partial charge is 0.326 e. The van der Waals surface area contributed by atoms with Gasteiger partial charge in [-0.25, -0.2) is 0 Å². The summed E-state index contributed by atoms with van der Waals surface area (Å²) in [7, 11) is 0. The maximum atomic E-state index is 12.2. The Hall–Kier alpha value is -4.01. The van der Waals surface area contributed by atoms with Crippen LogP contribution < -0.4 is 11.1 Å². The first-order valence-corrected chi connectivity index (χ1v) is 8.18. The SMILES string of the molecule is NC(=O)c1ccccc1NC(=O)COC(=O)CN1C(=O)c2ccccc2C1=O. The fourth-order valence-corrected chi connectivity index (χ4v) is 2.70. The number of nitrogens with zero attached hydrogens (tertiary/aromatic N) is 1. The number of nitrogens with one attached hydrogen (secondary N) is 1. The van der Waals surface area contributed by atoms with Crippen molar-refractivity contribution in [1.82, 2.24) is 4.90 Å². The van der Waals surface area contributed by atoms with Crippen LogP contribution in [0.4, 0.5) is 5.69 Å². The van der Waals surface area contributed by atoms with E-state index in [1.165, 1.54) is 24.3 Å². The number of benzene rings is 2. The van der Waals surface area contributed by atoms with E-state index in [1.807, 2.05) is 0 Å². The number of hydrogen-bond donors (Lipinski definition) is 2. The minimum absolute atomic E-state index is 0.105. The molecule has 0 radical (unpaired) electrons. The number of carbonyl (C=O) groups excluding carboxylic acids is 5. The van der Waals surface area contributed by atoms with Gasteiger partial charge in [-0.05, 0) is 24.3 Å². The van der Waals surface area contributed by atoms with Crippen molar-refractivity contribution in [3.8, 4) is 0 Å². The Morgan fingerprint density at radius 2 is 1.50 bits per heavy atom. The summed E-state index contributed by atoms with van der Waals surface area (Å²) >= 11 is 0. The number of anilines is 1. The Kier molecular flexibility index (Phi) is 5.16. The number of imide groups is 1. The van der Waals surface area contributed by atoms with Crippen LogP contribution in [0, 0.1) is 0 Å². The fraction of sp³-hybridized carbons (Fsp3) is 0.105. The Morgan fingerprint density at radius 3 is 2.11 bits per heavy atom. The predicted octanol–water partition coefficient (Wildman–Crippen LogP) is 0.563. The van der Waals surface area contributed by atoms with Crippen molar-refractivity contribution < 1.29 is 28.7 Å². The summed E-state index contributed by atoms with van der Waals surface area (Å²) in [5.74, 6) is -3.55. The van der Waals surface area contributed by atoms with Gasteiger partial charge in [0.15, 0.2) is 6.61 Å². The van der Waals surface area contributed by atoms with Gasteiger partial charge in [0.05, 0.1) is 22.4 Å². The van der Waals surface area contributed by atoms with E-state index in [2.05, 4.69) is 5.32 Å². The molecule has 0 bridgehead atoms. The zero-order chi connectivity index (χ0) is 20.3. The van der Waals surface area contributed by atoms with Crippen molar-refractivity contribution >= 4 is 35.3 Å². The highest BCUT2D eigenvalue weighted by molar-refractivity contribution is 6.22.